The standard InChI is InChI=1S/C46H34N4O6S2.C7H6O4S.C7H8O3S.C4H5N.2CH4.Na/c1-27-11-3-5-13-29(27)43-33-19-20-34(47-33)44(30-14-6-4-12-28(30)2)36-22-24-38(49-36)46(32-16-8-10-18-42(32)58(54,55)56)40-26-25-39(50-40)45(37-23-21-35(43)48-37)31-15-7-9-17-41(31)57(51,52)53;8-5-6-3-1-2-4-7(6)12(9,10)11;1-6-2-4-7(5-3-6)11(8,9)10;1-2-4-5-3-1;;;/h3-26,47,50H,1-2H3,(H,51,52,53)(H,54,55,56);1-5H,(H,9,10,11);2-5H,1H3,(H,8,9,10);1-5H;2*1H4;/q;;;;;;+1/p-1. The van der Waals surface area contributed by atoms with E-state index >= 15 is 0 Å². The summed E-state index contributed by atoms with van der Waals surface area (Å²) in [7, 11) is -18.0. The number of benzene rings is 6. The molecule has 0 unspecified atom stereocenters. The van der Waals surface area contributed by atoms with E-state index in [4.69, 9.17) is 14.5 Å². The summed E-state index contributed by atoms with van der Waals surface area (Å²) in [4.78, 5) is 29.4. The van der Waals surface area contributed by atoms with Crippen LogP contribution in [0.2, 0.25) is 0 Å². The van der Waals surface area contributed by atoms with E-state index in [0.29, 0.717) is 51.2 Å². The fourth-order valence-corrected chi connectivity index (χ4v) is 12.2. The van der Waals surface area contributed by atoms with Crippen molar-refractivity contribution >= 4 is 93.1 Å². The van der Waals surface area contributed by atoms with Gasteiger partial charge in [0.05, 0.1) is 32.6 Å². The largest absolute Gasteiger partial charge is 1.00 e. The molecule has 0 fully saturated rings. The first kappa shape index (κ1) is 69.6. The third kappa shape index (κ3) is 16.2. The molecule has 0 aliphatic carbocycles. The van der Waals surface area contributed by atoms with Crippen LogP contribution in [0.3, 0.4) is 0 Å². The maximum absolute atomic E-state index is 12.9. The Balaban J connectivity index is 0.000000334. The number of carbonyl (C=O) groups excluding carboxylic acids is 1. The number of carbonyl (C=O) groups is 1. The molecule has 89 heavy (non-hydrogen) atoms. The zero-order valence-corrected chi connectivity index (χ0v) is 52.1. The Morgan fingerprint density at radius 3 is 1.03 bits per heavy atom. The fraction of sp³-hybridized carbons (Fsp3) is 0.0758. The van der Waals surface area contributed by atoms with Crippen molar-refractivity contribution in [3.63, 3.8) is 0 Å². The second-order valence-corrected chi connectivity index (χ2v) is 24.9. The normalized spacial score (nSPS) is 11.6. The smallest absolute Gasteiger partial charge is 0.744 e. The number of aromatic amines is 3. The van der Waals surface area contributed by atoms with Crippen LogP contribution in [0.15, 0.2) is 214 Å². The van der Waals surface area contributed by atoms with Gasteiger partial charge in [0.25, 0.3) is 30.4 Å². The Bertz CT molecular complexity index is 4720. The molecule has 4 aromatic heterocycles. The number of H-pyrrole nitrogens is 3. The molecule has 10 aromatic rings. The van der Waals surface area contributed by atoms with Gasteiger partial charge in [0.15, 0.2) is 6.29 Å². The van der Waals surface area contributed by atoms with E-state index in [0.717, 1.165) is 56.0 Å². The first-order chi connectivity index (χ1) is 40.9. The van der Waals surface area contributed by atoms with Gasteiger partial charge in [-0.15, -0.1) is 0 Å². The van der Waals surface area contributed by atoms with Crippen molar-refractivity contribution in [2.75, 3.05) is 0 Å². The van der Waals surface area contributed by atoms with Crippen molar-refractivity contribution < 1.29 is 86.2 Å². The van der Waals surface area contributed by atoms with Gasteiger partial charge in [-0.2, -0.15) is 25.3 Å². The number of rotatable bonds is 9. The van der Waals surface area contributed by atoms with Crippen LogP contribution in [0.5, 0.6) is 0 Å². The maximum atomic E-state index is 12.9. The molecule has 6 heterocycles. The molecule has 8 bridgehead atoms. The average molecular weight is 1280 g/mol. The van der Waals surface area contributed by atoms with Crippen molar-refractivity contribution in [2.45, 2.75) is 55.2 Å². The molecule has 0 spiro atoms. The van der Waals surface area contributed by atoms with Crippen molar-refractivity contribution in [2.24, 2.45) is 0 Å². The number of hydrogen-bond acceptors (Lipinski definition) is 12. The summed E-state index contributed by atoms with van der Waals surface area (Å²) in [5.74, 6) is 0. The predicted octanol–water partition coefficient (Wildman–Crippen LogP) is 11.4. The van der Waals surface area contributed by atoms with Crippen LogP contribution in [0.1, 0.15) is 64.7 Å². The molecule has 6 N–H and O–H groups in total. The van der Waals surface area contributed by atoms with E-state index < -0.39 is 45.4 Å². The van der Waals surface area contributed by atoms with Gasteiger partial charge in [0, 0.05) is 73.4 Å². The molecule has 0 amide bonds. The average Bonchev–Trinajstić information content (AvgIpc) is 1.72. The fourth-order valence-electron chi connectivity index (χ4n) is 9.64. The summed E-state index contributed by atoms with van der Waals surface area (Å²) < 4.78 is 134. The van der Waals surface area contributed by atoms with Crippen molar-refractivity contribution in [3.8, 4) is 44.5 Å². The molecule has 0 saturated carbocycles. The van der Waals surface area contributed by atoms with Crippen LogP contribution in [0.4, 0.5) is 0 Å². The molecule has 2 aliphatic heterocycles. The second kappa shape index (κ2) is 29.2. The van der Waals surface area contributed by atoms with Gasteiger partial charge in [-0.1, -0.05) is 136 Å². The molecule has 452 valence electrons. The van der Waals surface area contributed by atoms with E-state index in [1.165, 1.54) is 54.6 Å². The molecule has 6 aromatic carbocycles. The first-order valence-electron chi connectivity index (χ1n) is 26.0. The van der Waals surface area contributed by atoms with Crippen molar-refractivity contribution in [3.05, 3.63) is 239 Å². The third-order valence-electron chi connectivity index (χ3n) is 13.6. The number of hydrogen-bond donors (Lipinski definition) is 6. The number of aromatic nitrogens is 5. The van der Waals surface area contributed by atoms with Crippen LogP contribution < -0.4 is 29.6 Å². The van der Waals surface area contributed by atoms with Gasteiger partial charge >= 0.3 is 29.6 Å². The van der Waals surface area contributed by atoms with E-state index in [1.54, 1.807) is 60.7 Å². The summed E-state index contributed by atoms with van der Waals surface area (Å²) in [6, 6.07) is 50.9. The number of fused-ring (bicyclic) bond motifs is 8. The minimum atomic E-state index is -4.71. The second-order valence-electron chi connectivity index (χ2n) is 19.4. The number of nitrogens with zero attached hydrogens (tertiary/aromatic N) is 2. The summed E-state index contributed by atoms with van der Waals surface area (Å²) >= 11 is 0. The molecule has 2 aliphatic rings. The maximum Gasteiger partial charge on any atom is 1.00 e. The zero-order valence-electron chi connectivity index (χ0n) is 46.8. The summed E-state index contributed by atoms with van der Waals surface area (Å²) in [6.07, 6.45) is 11.5. The Morgan fingerprint density at radius 2 is 0.730 bits per heavy atom. The van der Waals surface area contributed by atoms with E-state index in [9.17, 15) is 52.1 Å². The summed E-state index contributed by atoms with van der Waals surface area (Å²) in [5, 5.41) is 0. The van der Waals surface area contributed by atoms with Gasteiger partial charge in [0.2, 0.25) is 0 Å². The number of nitrogens with one attached hydrogen (secondary N) is 3. The number of aldehydes is 1. The Labute approximate surface area is 539 Å². The summed E-state index contributed by atoms with van der Waals surface area (Å²) in [6.45, 7) is 5.90. The van der Waals surface area contributed by atoms with E-state index in [1.807, 2.05) is 118 Å². The van der Waals surface area contributed by atoms with Crippen LogP contribution in [0, 0.1) is 20.8 Å². The molecular weight excluding hydrogens is 1220 g/mol. The van der Waals surface area contributed by atoms with Crippen LogP contribution in [-0.4, -0.2) is 83.1 Å². The third-order valence-corrected chi connectivity index (χ3v) is 17.2. The molecule has 23 heteroatoms. The van der Waals surface area contributed by atoms with Crippen molar-refractivity contribution in [1.82, 2.24) is 24.9 Å². The van der Waals surface area contributed by atoms with Crippen molar-refractivity contribution in [1.29, 1.82) is 0 Å². The Kier molecular flexibility index (Phi) is 22.9. The van der Waals surface area contributed by atoms with Gasteiger partial charge in [0.1, 0.15) is 19.9 Å². The molecule has 18 nitrogen and oxygen atoms in total. The molecule has 0 atom stereocenters. The van der Waals surface area contributed by atoms with E-state index in [2.05, 4.69) is 15.0 Å². The topological polar surface area (TPSA) is 311 Å². The minimum absolute atomic E-state index is 0. The van der Waals surface area contributed by atoms with Gasteiger partial charge in [-0.25, -0.2) is 18.4 Å². The predicted molar refractivity (Wildman–Crippen MR) is 345 cm³/mol. The van der Waals surface area contributed by atoms with Crippen LogP contribution >= 0.6 is 0 Å². The van der Waals surface area contributed by atoms with Gasteiger partial charge < -0.3 is 19.5 Å². The van der Waals surface area contributed by atoms with Crippen LogP contribution in [0.25, 0.3) is 90.9 Å². The van der Waals surface area contributed by atoms with Gasteiger partial charge in [-0.05, 0) is 134 Å². The SMILES string of the molecule is C.C.Cc1ccc(S(=O)(=O)O)cc1.Cc1ccccc1-c1c2nc(c(-c3ccccc3S(=O)(=O)O)c3ccc([nH]3)c(-c3ccccc3S(=O)(=O)O)c3nc(c(-c4ccccc4C)c4ccc1[nH]4)C=C3)C=C2.O=Cc1ccccc1S(=O)(=O)[O-].[Na+].c1cc[nH]c1. The molecule has 12 rings (SSSR count). The monoisotopic (exact) mass is 1280 g/mol. The Morgan fingerprint density at radius 1 is 0.404 bits per heavy atom. The first-order valence-corrected chi connectivity index (χ1v) is 31.7. The molecule has 0 saturated heterocycles. The quantitative estimate of drug-likeness (QED) is 0.0445. The Hall–Kier alpha value is -8.49. The van der Waals surface area contributed by atoms with Crippen LogP contribution in [-0.2, 0) is 40.5 Å². The van der Waals surface area contributed by atoms with Gasteiger partial charge in [-0.3, -0.25) is 18.5 Å². The summed E-state index contributed by atoms with van der Waals surface area (Å²) in [5.41, 5.74) is 11.9. The number of aryl methyl sites for hydroxylation is 3. The van der Waals surface area contributed by atoms with E-state index in [-0.39, 0.29) is 75.8 Å². The molecular formula is C66H60N5NaO13S4. The molecule has 0 radical (unpaired) electrons. The minimum Gasteiger partial charge on any atom is -0.744 e. The zero-order chi connectivity index (χ0) is 61.6.